The highest BCUT2D eigenvalue weighted by Gasteiger charge is 2.38. The van der Waals surface area contributed by atoms with Gasteiger partial charge in [-0.1, -0.05) is 0 Å². The monoisotopic (exact) mass is 252 g/mol. The summed E-state index contributed by atoms with van der Waals surface area (Å²) in [5.74, 6) is -0.936. The molecule has 0 aliphatic heterocycles. The molecule has 5 N–H and O–H groups in total. The molecule has 0 amide bonds. The molecule has 1 rings (SSSR count). The van der Waals surface area contributed by atoms with Crippen LogP contribution in [0.4, 0.5) is 0 Å². The molecule has 1 atom stereocenters. The van der Waals surface area contributed by atoms with Gasteiger partial charge in [0.25, 0.3) is 0 Å². The van der Waals surface area contributed by atoms with Crippen molar-refractivity contribution < 1.29 is 9.90 Å². The molecule has 0 saturated carbocycles. The average molecular weight is 252 g/mol. The van der Waals surface area contributed by atoms with Crippen molar-refractivity contribution in [3.8, 4) is 0 Å². The van der Waals surface area contributed by atoms with Crippen molar-refractivity contribution in [1.29, 1.82) is 0 Å². The molecular weight excluding hydrogens is 232 g/mol. The predicted molar refractivity (Wildman–Crippen MR) is 67.9 cm³/mol. The van der Waals surface area contributed by atoms with Gasteiger partial charge in [0.1, 0.15) is 0 Å². The second-order valence-corrected chi connectivity index (χ2v) is 4.50. The second kappa shape index (κ2) is 5.88. The lowest BCUT2D eigenvalue weighted by atomic mass is 9.92. The third-order valence-electron chi connectivity index (χ3n) is 2.79. The van der Waals surface area contributed by atoms with Crippen LogP contribution in [0.5, 0.6) is 0 Å². The number of carbonyl (C=O) groups is 1. The molecule has 0 bridgehead atoms. The summed E-state index contributed by atoms with van der Waals surface area (Å²) >= 11 is 0. The Morgan fingerprint density at radius 1 is 1.33 bits per heavy atom. The van der Waals surface area contributed by atoms with Crippen molar-refractivity contribution in [3.05, 3.63) is 23.3 Å². The molecule has 1 aromatic rings. The fourth-order valence-corrected chi connectivity index (χ4v) is 1.79. The van der Waals surface area contributed by atoms with Crippen LogP contribution in [0.1, 0.15) is 36.5 Å². The van der Waals surface area contributed by atoms with Crippen molar-refractivity contribution in [2.75, 3.05) is 6.54 Å². The van der Waals surface area contributed by atoms with E-state index in [1.54, 1.807) is 19.9 Å². The Morgan fingerprint density at radius 3 is 2.33 bits per heavy atom. The summed E-state index contributed by atoms with van der Waals surface area (Å²) in [4.78, 5) is 19.7. The largest absolute Gasteiger partial charge is 0.480 e. The Hall–Kier alpha value is -1.53. The minimum Gasteiger partial charge on any atom is -0.480 e. The quantitative estimate of drug-likeness (QED) is 0.633. The van der Waals surface area contributed by atoms with Crippen LogP contribution in [0.3, 0.4) is 0 Å². The molecule has 0 unspecified atom stereocenters. The highest BCUT2D eigenvalue weighted by molar-refractivity contribution is 5.79. The SMILES string of the molecule is Cc1cc(C)nc([C@](N)(CCCCN)C(=O)O)n1. The van der Waals surface area contributed by atoms with Crippen LogP contribution < -0.4 is 11.5 Å². The molecule has 6 heteroatoms. The van der Waals surface area contributed by atoms with E-state index < -0.39 is 11.5 Å². The molecule has 6 nitrogen and oxygen atoms in total. The zero-order chi connectivity index (χ0) is 13.8. The molecule has 0 saturated heterocycles. The molecule has 0 fully saturated rings. The van der Waals surface area contributed by atoms with Crippen molar-refractivity contribution in [1.82, 2.24) is 9.97 Å². The van der Waals surface area contributed by atoms with E-state index in [2.05, 4.69) is 9.97 Å². The number of nitrogens with zero attached hydrogens (tertiary/aromatic N) is 2. The van der Waals surface area contributed by atoms with Crippen LogP contribution in [-0.4, -0.2) is 27.6 Å². The van der Waals surface area contributed by atoms with Crippen molar-refractivity contribution >= 4 is 5.97 Å². The van der Waals surface area contributed by atoms with E-state index in [4.69, 9.17) is 11.5 Å². The first-order chi connectivity index (χ1) is 8.40. The summed E-state index contributed by atoms with van der Waals surface area (Å²) in [5, 5.41) is 9.33. The van der Waals surface area contributed by atoms with Crippen LogP contribution >= 0.6 is 0 Å². The van der Waals surface area contributed by atoms with Crippen LogP contribution in [0.15, 0.2) is 6.07 Å². The highest BCUT2D eigenvalue weighted by Crippen LogP contribution is 2.22. The highest BCUT2D eigenvalue weighted by atomic mass is 16.4. The van der Waals surface area contributed by atoms with E-state index in [0.29, 0.717) is 24.4 Å². The number of carboxylic acids is 1. The zero-order valence-corrected chi connectivity index (χ0v) is 10.8. The molecular formula is C12H20N4O2. The molecule has 0 spiro atoms. The van der Waals surface area contributed by atoms with Gasteiger partial charge in [-0.3, -0.25) is 0 Å². The van der Waals surface area contributed by atoms with Crippen LogP contribution in [0.2, 0.25) is 0 Å². The first-order valence-electron chi connectivity index (χ1n) is 5.95. The van der Waals surface area contributed by atoms with Crippen molar-refractivity contribution in [3.63, 3.8) is 0 Å². The number of unbranched alkanes of at least 4 members (excludes halogenated alkanes) is 1. The molecule has 0 aromatic carbocycles. The van der Waals surface area contributed by atoms with Gasteiger partial charge >= 0.3 is 5.97 Å². The van der Waals surface area contributed by atoms with Gasteiger partial charge in [-0.25, -0.2) is 14.8 Å². The van der Waals surface area contributed by atoms with Gasteiger partial charge in [-0.05, 0) is 45.7 Å². The van der Waals surface area contributed by atoms with Gasteiger partial charge in [-0.15, -0.1) is 0 Å². The molecule has 0 radical (unpaired) electrons. The van der Waals surface area contributed by atoms with E-state index in [9.17, 15) is 9.90 Å². The first-order valence-corrected chi connectivity index (χ1v) is 5.95. The van der Waals surface area contributed by atoms with Crippen molar-refractivity contribution in [2.24, 2.45) is 11.5 Å². The van der Waals surface area contributed by atoms with Crippen LogP contribution in [0, 0.1) is 13.8 Å². The van der Waals surface area contributed by atoms with Crippen molar-refractivity contribution in [2.45, 2.75) is 38.6 Å². The standard InChI is InChI=1S/C12H20N4O2/c1-8-7-9(2)16-10(15-8)12(14,11(17)18)5-3-4-6-13/h7H,3-6,13-14H2,1-2H3,(H,17,18)/t12-/m1/s1. The minimum atomic E-state index is -1.54. The lowest BCUT2D eigenvalue weighted by molar-refractivity contribution is -0.144. The van der Waals surface area contributed by atoms with Gasteiger partial charge in [-0.2, -0.15) is 0 Å². The maximum Gasteiger partial charge on any atom is 0.331 e. The van der Waals surface area contributed by atoms with Gasteiger partial charge in [0.2, 0.25) is 0 Å². The molecule has 0 aliphatic carbocycles. The van der Waals surface area contributed by atoms with Crippen LogP contribution in [-0.2, 0) is 10.3 Å². The number of nitrogens with two attached hydrogens (primary N) is 2. The summed E-state index contributed by atoms with van der Waals surface area (Å²) in [6.07, 6.45) is 1.65. The van der Waals surface area contributed by atoms with E-state index in [1.807, 2.05) is 0 Å². The van der Waals surface area contributed by atoms with E-state index >= 15 is 0 Å². The summed E-state index contributed by atoms with van der Waals surface area (Å²) in [6.45, 7) is 4.10. The number of carboxylic acid groups (broad SMARTS) is 1. The number of aryl methyl sites for hydroxylation is 2. The number of aromatic nitrogens is 2. The number of hydrogen-bond donors (Lipinski definition) is 3. The molecule has 100 valence electrons. The maximum atomic E-state index is 11.4. The van der Waals surface area contributed by atoms with Gasteiger partial charge in [0.05, 0.1) is 0 Å². The lowest BCUT2D eigenvalue weighted by Crippen LogP contribution is -2.46. The normalized spacial score (nSPS) is 14.2. The van der Waals surface area contributed by atoms with E-state index in [1.165, 1.54) is 0 Å². The minimum absolute atomic E-state index is 0.171. The Balaban J connectivity index is 3.06. The van der Waals surface area contributed by atoms with Gasteiger partial charge < -0.3 is 16.6 Å². The fraction of sp³-hybridized carbons (Fsp3) is 0.583. The zero-order valence-electron chi connectivity index (χ0n) is 10.8. The molecule has 1 heterocycles. The molecule has 1 aromatic heterocycles. The van der Waals surface area contributed by atoms with Gasteiger partial charge in [0, 0.05) is 11.4 Å². The van der Waals surface area contributed by atoms with E-state index in [0.717, 1.165) is 6.42 Å². The fourth-order valence-electron chi connectivity index (χ4n) is 1.79. The number of rotatable bonds is 6. The topological polar surface area (TPSA) is 115 Å². The average Bonchev–Trinajstić information content (AvgIpc) is 2.27. The Labute approximate surface area is 106 Å². The summed E-state index contributed by atoms with van der Waals surface area (Å²) in [5.41, 5.74) is 11.3. The second-order valence-electron chi connectivity index (χ2n) is 4.50. The third-order valence-corrected chi connectivity index (χ3v) is 2.79. The maximum absolute atomic E-state index is 11.4. The van der Waals surface area contributed by atoms with Crippen LogP contribution in [0.25, 0.3) is 0 Å². The third kappa shape index (κ3) is 3.24. The summed E-state index contributed by atoms with van der Waals surface area (Å²) in [7, 11) is 0. The summed E-state index contributed by atoms with van der Waals surface area (Å²) < 4.78 is 0. The first kappa shape index (κ1) is 14.5. The Morgan fingerprint density at radius 2 is 1.89 bits per heavy atom. The Kier molecular flexibility index (Phi) is 4.75. The predicted octanol–water partition coefficient (Wildman–Crippen LogP) is 0.461. The lowest BCUT2D eigenvalue weighted by Gasteiger charge is -2.23. The summed E-state index contributed by atoms with van der Waals surface area (Å²) in [6, 6.07) is 1.78. The number of aliphatic carboxylic acids is 1. The number of hydrogen-bond acceptors (Lipinski definition) is 5. The van der Waals surface area contributed by atoms with Gasteiger partial charge in [0.15, 0.2) is 11.4 Å². The van der Waals surface area contributed by atoms with E-state index in [-0.39, 0.29) is 12.2 Å². The smallest absolute Gasteiger partial charge is 0.331 e. The molecule has 18 heavy (non-hydrogen) atoms. The molecule has 0 aliphatic rings. The Bertz CT molecular complexity index is 416.